The van der Waals surface area contributed by atoms with Crippen LogP contribution < -0.4 is 10.6 Å². The van der Waals surface area contributed by atoms with Gasteiger partial charge in [0, 0.05) is 32.7 Å². The fraction of sp³-hybridized carbons (Fsp3) is 0.636. The van der Waals surface area contributed by atoms with Gasteiger partial charge < -0.3 is 15.7 Å². The van der Waals surface area contributed by atoms with Gasteiger partial charge in [0.2, 0.25) is 0 Å². The number of nitrogens with one attached hydrogen (secondary N) is 1. The molecule has 0 amide bonds. The highest BCUT2D eigenvalue weighted by Gasteiger charge is 2.28. The van der Waals surface area contributed by atoms with Gasteiger partial charge >= 0.3 is 0 Å². The largest absolute Gasteiger partial charge is 0.396 e. The van der Waals surface area contributed by atoms with Gasteiger partial charge in [0.1, 0.15) is 11.7 Å². The topological polar surface area (TPSA) is 91.2 Å². The predicted octanol–water partition coefficient (Wildman–Crippen LogP) is -0.169. The quantitative estimate of drug-likeness (QED) is 0.503. The second kappa shape index (κ2) is 4.37. The van der Waals surface area contributed by atoms with E-state index in [2.05, 4.69) is 10.00 Å². The molecule has 1 aromatic heterocycles. The van der Waals surface area contributed by atoms with Crippen LogP contribution in [0.25, 0.3) is 0 Å². The zero-order chi connectivity index (χ0) is 12.6. The average Bonchev–Trinajstić information content (AvgIpc) is 2.81. The van der Waals surface area contributed by atoms with Gasteiger partial charge in [-0.05, 0) is 13.3 Å². The number of nitrogens with zero attached hydrogens (tertiary/aromatic N) is 3. The molecule has 1 aliphatic rings. The molecule has 0 aromatic carbocycles. The number of hydrogen-bond donors (Lipinski definition) is 3. The minimum atomic E-state index is 0.0537. The number of aromatic nitrogens is 2. The number of hydrogen-bond acceptors (Lipinski definition) is 4. The van der Waals surface area contributed by atoms with E-state index in [9.17, 15) is 0 Å². The van der Waals surface area contributed by atoms with Crippen LogP contribution in [0.5, 0.6) is 0 Å². The van der Waals surface area contributed by atoms with Crippen LogP contribution >= 0.6 is 0 Å². The number of anilines is 1. The molecule has 1 aromatic rings. The van der Waals surface area contributed by atoms with Crippen molar-refractivity contribution >= 4 is 11.7 Å². The molecule has 2 heterocycles. The molecular weight excluding hydrogens is 218 g/mol. The lowest BCUT2D eigenvalue weighted by atomic mass is 10.1. The van der Waals surface area contributed by atoms with Gasteiger partial charge in [0.25, 0.3) is 0 Å². The third-order valence-electron chi connectivity index (χ3n) is 3.30. The summed E-state index contributed by atoms with van der Waals surface area (Å²) >= 11 is 0. The molecule has 0 spiro atoms. The predicted molar refractivity (Wildman–Crippen MR) is 66.4 cm³/mol. The van der Waals surface area contributed by atoms with E-state index in [1.807, 2.05) is 14.0 Å². The van der Waals surface area contributed by atoms with Gasteiger partial charge in [-0.15, -0.1) is 0 Å². The molecule has 2 rings (SSSR count). The third-order valence-corrected chi connectivity index (χ3v) is 3.30. The first-order valence-corrected chi connectivity index (χ1v) is 5.78. The summed E-state index contributed by atoms with van der Waals surface area (Å²) < 4.78 is 1.77. The van der Waals surface area contributed by atoms with Gasteiger partial charge in [0.05, 0.1) is 11.3 Å². The van der Waals surface area contributed by atoms with Gasteiger partial charge in [-0.25, -0.2) is 0 Å². The van der Waals surface area contributed by atoms with Gasteiger partial charge in [0.15, 0.2) is 0 Å². The second-order valence-corrected chi connectivity index (χ2v) is 4.60. The molecule has 4 N–H and O–H groups in total. The lowest BCUT2D eigenvalue weighted by Gasteiger charge is -2.20. The van der Waals surface area contributed by atoms with Crippen LogP contribution in [-0.2, 0) is 7.05 Å². The monoisotopic (exact) mass is 237 g/mol. The van der Waals surface area contributed by atoms with Crippen LogP contribution in [0.1, 0.15) is 17.7 Å². The molecule has 1 aliphatic heterocycles. The van der Waals surface area contributed by atoms with Crippen molar-refractivity contribution in [3.8, 4) is 0 Å². The van der Waals surface area contributed by atoms with E-state index in [1.165, 1.54) is 0 Å². The number of aliphatic hydroxyl groups excluding tert-OH is 1. The maximum atomic E-state index is 9.17. The van der Waals surface area contributed by atoms with Crippen LogP contribution in [0.4, 0.5) is 5.82 Å². The molecule has 6 heteroatoms. The van der Waals surface area contributed by atoms with Crippen LogP contribution in [-0.4, -0.2) is 40.4 Å². The number of aryl methyl sites for hydroxylation is 2. The molecule has 0 radical (unpaired) electrons. The summed E-state index contributed by atoms with van der Waals surface area (Å²) in [4.78, 5) is 2.15. The molecule has 6 nitrogen and oxygen atoms in total. The van der Waals surface area contributed by atoms with Crippen LogP contribution in [0.15, 0.2) is 0 Å². The summed E-state index contributed by atoms with van der Waals surface area (Å²) in [5.41, 5.74) is 7.11. The summed E-state index contributed by atoms with van der Waals surface area (Å²) in [6, 6.07) is 0. The van der Waals surface area contributed by atoms with E-state index in [0.717, 1.165) is 31.0 Å². The minimum absolute atomic E-state index is 0.0537. The Morgan fingerprint density at radius 2 is 2.35 bits per heavy atom. The maximum absolute atomic E-state index is 9.17. The molecule has 1 saturated heterocycles. The molecular formula is C11H19N5O. The molecule has 17 heavy (non-hydrogen) atoms. The summed E-state index contributed by atoms with van der Waals surface area (Å²) in [6.07, 6.45) is 0.970. The molecule has 1 unspecified atom stereocenters. The Labute approximate surface area is 101 Å². The summed E-state index contributed by atoms with van der Waals surface area (Å²) in [5.74, 6) is 1.26. The normalized spacial score (nSPS) is 19.9. The number of nitrogens with two attached hydrogens (primary N) is 1. The smallest absolute Gasteiger partial charge is 0.137 e. The standard InChI is InChI=1S/C11H19N5O/c1-7-9(10(12)13)11(15(2)14-7)16-4-3-8(5-16)6-17/h8,17H,3-6H2,1-2H3,(H3,12,13). The van der Waals surface area contributed by atoms with Crippen molar-refractivity contribution in [3.63, 3.8) is 0 Å². The van der Waals surface area contributed by atoms with E-state index >= 15 is 0 Å². The highest BCUT2D eigenvalue weighted by molar-refractivity contribution is 6.01. The second-order valence-electron chi connectivity index (χ2n) is 4.60. The highest BCUT2D eigenvalue weighted by Crippen LogP contribution is 2.28. The first-order chi connectivity index (χ1) is 8.04. The van der Waals surface area contributed by atoms with E-state index in [4.69, 9.17) is 16.2 Å². The Morgan fingerprint density at radius 3 is 2.88 bits per heavy atom. The SMILES string of the molecule is Cc1nn(C)c(N2CCC(CO)C2)c1C(=N)N. The third kappa shape index (κ3) is 2.00. The summed E-state index contributed by atoms with van der Waals surface area (Å²) in [6.45, 7) is 3.75. The van der Waals surface area contributed by atoms with E-state index in [0.29, 0.717) is 11.5 Å². The van der Waals surface area contributed by atoms with E-state index in [-0.39, 0.29) is 12.4 Å². The first kappa shape index (κ1) is 11.9. The fourth-order valence-electron chi connectivity index (χ4n) is 2.50. The van der Waals surface area contributed by atoms with Crippen molar-refractivity contribution in [3.05, 3.63) is 11.3 Å². The summed E-state index contributed by atoms with van der Waals surface area (Å²) in [5, 5.41) is 21.1. The van der Waals surface area contributed by atoms with Crippen molar-refractivity contribution in [2.75, 3.05) is 24.6 Å². The Bertz CT molecular complexity index is 439. The van der Waals surface area contributed by atoms with Crippen molar-refractivity contribution < 1.29 is 5.11 Å². The van der Waals surface area contributed by atoms with Crippen LogP contribution in [0.3, 0.4) is 0 Å². The van der Waals surface area contributed by atoms with Crippen LogP contribution in [0, 0.1) is 18.3 Å². The maximum Gasteiger partial charge on any atom is 0.137 e. The number of aliphatic hydroxyl groups is 1. The van der Waals surface area contributed by atoms with Crippen LogP contribution in [0.2, 0.25) is 0 Å². The van der Waals surface area contributed by atoms with Crippen molar-refractivity contribution in [2.24, 2.45) is 18.7 Å². The molecule has 0 bridgehead atoms. The Kier molecular flexibility index (Phi) is 3.06. The molecule has 1 atom stereocenters. The van der Waals surface area contributed by atoms with Gasteiger partial charge in [-0.1, -0.05) is 0 Å². The molecule has 94 valence electrons. The van der Waals surface area contributed by atoms with Gasteiger partial charge in [-0.3, -0.25) is 10.1 Å². The van der Waals surface area contributed by atoms with Crippen molar-refractivity contribution in [1.82, 2.24) is 9.78 Å². The highest BCUT2D eigenvalue weighted by atomic mass is 16.3. The number of amidine groups is 1. The lowest BCUT2D eigenvalue weighted by molar-refractivity contribution is 0.238. The zero-order valence-corrected chi connectivity index (χ0v) is 10.3. The van der Waals surface area contributed by atoms with Gasteiger partial charge in [-0.2, -0.15) is 5.10 Å². The number of rotatable bonds is 3. The van der Waals surface area contributed by atoms with Crippen molar-refractivity contribution in [1.29, 1.82) is 5.41 Å². The lowest BCUT2D eigenvalue weighted by Crippen LogP contribution is -2.26. The molecule has 0 saturated carbocycles. The zero-order valence-electron chi connectivity index (χ0n) is 10.3. The fourth-order valence-corrected chi connectivity index (χ4v) is 2.50. The van der Waals surface area contributed by atoms with Crippen molar-refractivity contribution in [2.45, 2.75) is 13.3 Å². The number of nitrogen functional groups attached to an aromatic ring is 1. The van der Waals surface area contributed by atoms with E-state index < -0.39 is 0 Å². The Hall–Kier alpha value is -1.56. The Morgan fingerprint density at radius 1 is 1.65 bits per heavy atom. The first-order valence-electron chi connectivity index (χ1n) is 5.78. The molecule has 0 aliphatic carbocycles. The average molecular weight is 237 g/mol. The van der Waals surface area contributed by atoms with E-state index in [1.54, 1.807) is 4.68 Å². The molecule has 1 fully saturated rings. The Balaban J connectivity index is 2.35. The summed E-state index contributed by atoms with van der Waals surface area (Å²) in [7, 11) is 1.86. The minimum Gasteiger partial charge on any atom is -0.396 e.